The number of nitrogens with two attached hydrogens (primary N) is 1. The maximum absolute atomic E-state index is 12.3. The van der Waals surface area contributed by atoms with E-state index in [2.05, 4.69) is 4.98 Å². The Kier molecular flexibility index (Phi) is 3.97. The number of nitrogens with zero attached hydrogens (tertiary/aromatic N) is 2. The van der Waals surface area contributed by atoms with Crippen LogP contribution in [0.3, 0.4) is 0 Å². The zero-order valence-electron chi connectivity index (χ0n) is 9.70. The van der Waals surface area contributed by atoms with Gasteiger partial charge in [0.1, 0.15) is 11.1 Å². The first-order valence-electron chi connectivity index (χ1n) is 5.25. The maximum atomic E-state index is 12.3. The molecule has 18 heavy (non-hydrogen) atoms. The van der Waals surface area contributed by atoms with Crippen molar-refractivity contribution in [2.24, 2.45) is 5.73 Å². The van der Waals surface area contributed by atoms with Crippen molar-refractivity contribution in [1.29, 1.82) is 0 Å². The topological polar surface area (TPSA) is 85.5 Å². The van der Waals surface area contributed by atoms with Crippen LogP contribution in [0.5, 0.6) is 0 Å². The Bertz CT molecular complexity index is 554. The standard InChI is InChI=1S/C9H13N3O3S3/c1-6-11-4-8(17-6)18(13,14)12-2-3-15-7(5-12)9(10)16/h4,7H,2-3,5H2,1H3,(H2,10,16). The van der Waals surface area contributed by atoms with Crippen LogP contribution < -0.4 is 5.73 Å². The first kappa shape index (κ1) is 13.8. The molecule has 0 aromatic carbocycles. The van der Waals surface area contributed by atoms with E-state index in [1.54, 1.807) is 6.92 Å². The van der Waals surface area contributed by atoms with Crippen LogP contribution in [-0.4, -0.2) is 48.5 Å². The van der Waals surface area contributed by atoms with E-state index in [4.69, 9.17) is 22.7 Å². The van der Waals surface area contributed by atoms with Crippen molar-refractivity contribution in [2.45, 2.75) is 17.2 Å². The Morgan fingerprint density at radius 2 is 2.44 bits per heavy atom. The van der Waals surface area contributed by atoms with Crippen molar-refractivity contribution >= 4 is 38.6 Å². The molecule has 0 amide bonds. The fourth-order valence-electron chi connectivity index (χ4n) is 1.60. The largest absolute Gasteiger partial charge is 0.391 e. The number of aromatic nitrogens is 1. The molecule has 1 atom stereocenters. The molecule has 1 aromatic rings. The highest BCUT2D eigenvalue weighted by Gasteiger charge is 2.32. The Morgan fingerprint density at radius 3 is 3.00 bits per heavy atom. The lowest BCUT2D eigenvalue weighted by Crippen LogP contribution is -2.49. The summed E-state index contributed by atoms with van der Waals surface area (Å²) in [6, 6.07) is 0. The van der Waals surface area contributed by atoms with Gasteiger partial charge >= 0.3 is 0 Å². The van der Waals surface area contributed by atoms with Crippen molar-refractivity contribution < 1.29 is 13.2 Å². The number of rotatable bonds is 3. The van der Waals surface area contributed by atoms with E-state index >= 15 is 0 Å². The lowest BCUT2D eigenvalue weighted by molar-refractivity contribution is 0.0387. The SMILES string of the molecule is Cc1ncc(S(=O)(=O)N2CCOC(C(N)=S)C2)s1. The van der Waals surface area contributed by atoms with Crippen molar-refractivity contribution in [3.8, 4) is 0 Å². The van der Waals surface area contributed by atoms with Crippen LogP contribution in [0, 0.1) is 6.92 Å². The van der Waals surface area contributed by atoms with Crippen LogP contribution in [-0.2, 0) is 14.8 Å². The molecule has 2 heterocycles. The summed E-state index contributed by atoms with van der Waals surface area (Å²) in [6.45, 7) is 2.52. The highest BCUT2D eigenvalue weighted by molar-refractivity contribution is 7.91. The molecule has 1 saturated heterocycles. The zero-order chi connectivity index (χ0) is 13.3. The molecule has 1 fully saturated rings. The molecule has 0 spiro atoms. The fourth-order valence-corrected chi connectivity index (χ4v) is 4.44. The summed E-state index contributed by atoms with van der Waals surface area (Å²) in [5.74, 6) is 0. The molecule has 1 aliphatic rings. The zero-order valence-corrected chi connectivity index (χ0v) is 12.1. The first-order valence-corrected chi connectivity index (χ1v) is 7.91. The first-order chi connectivity index (χ1) is 8.41. The van der Waals surface area contributed by atoms with E-state index in [1.165, 1.54) is 10.5 Å². The van der Waals surface area contributed by atoms with Gasteiger partial charge in [-0.25, -0.2) is 13.4 Å². The number of thiazole rings is 1. The van der Waals surface area contributed by atoms with Gasteiger partial charge in [-0.1, -0.05) is 12.2 Å². The molecule has 1 unspecified atom stereocenters. The van der Waals surface area contributed by atoms with Crippen molar-refractivity contribution in [3.05, 3.63) is 11.2 Å². The number of thiocarbonyl (C=S) groups is 1. The van der Waals surface area contributed by atoms with E-state index in [1.807, 2.05) is 0 Å². The number of sulfonamides is 1. The summed E-state index contributed by atoms with van der Waals surface area (Å²) in [4.78, 5) is 4.14. The number of ether oxygens (including phenoxy) is 1. The summed E-state index contributed by atoms with van der Waals surface area (Å²) in [6.07, 6.45) is 0.859. The molecule has 0 bridgehead atoms. The fraction of sp³-hybridized carbons (Fsp3) is 0.556. The number of hydrogen-bond acceptors (Lipinski definition) is 6. The second kappa shape index (κ2) is 5.17. The van der Waals surface area contributed by atoms with Crippen LogP contribution in [0.4, 0.5) is 0 Å². The van der Waals surface area contributed by atoms with Gasteiger partial charge in [0, 0.05) is 13.1 Å². The van der Waals surface area contributed by atoms with Crippen molar-refractivity contribution in [3.63, 3.8) is 0 Å². The highest BCUT2D eigenvalue weighted by atomic mass is 32.2. The third-order valence-electron chi connectivity index (χ3n) is 2.54. The van der Waals surface area contributed by atoms with Crippen LogP contribution in [0.15, 0.2) is 10.4 Å². The van der Waals surface area contributed by atoms with Crippen LogP contribution in [0.1, 0.15) is 5.01 Å². The molecule has 2 N–H and O–H groups in total. The summed E-state index contributed by atoms with van der Waals surface area (Å²) < 4.78 is 31.6. The normalized spacial score (nSPS) is 21.9. The molecule has 100 valence electrons. The third-order valence-corrected chi connectivity index (χ3v) is 6.02. The molecule has 1 aromatic heterocycles. The van der Waals surface area contributed by atoms with Crippen LogP contribution in [0.2, 0.25) is 0 Å². The molecule has 1 aliphatic heterocycles. The van der Waals surface area contributed by atoms with Gasteiger partial charge in [0.25, 0.3) is 10.0 Å². The molecule has 0 saturated carbocycles. The molecular formula is C9H13N3O3S3. The van der Waals surface area contributed by atoms with Gasteiger partial charge in [-0.3, -0.25) is 0 Å². The van der Waals surface area contributed by atoms with Crippen molar-refractivity contribution in [1.82, 2.24) is 9.29 Å². The molecule has 2 rings (SSSR count). The number of morpholine rings is 1. The Hall–Kier alpha value is -0.610. The van der Waals surface area contributed by atoms with Crippen LogP contribution in [0.25, 0.3) is 0 Å². The quantitative estimate of drug-likeness (QED) is 0.799. The molecule has 0 aliphatic carbocycles. The average Bonchev–Trinajstić information content (AvgIpc) is 2.77. The second-order valence-corrected chi connectivity index (χ2v) is 7.69. The minimum atomic E-state index is -3.51. The number of hydrogen-bond donors (Lipinski definition) is 1. The van der Waals surface area contributed by atoms with E-state index in [0.717, 1.165) is 11.3 Å². The van der Waals surface area contributed by atoms with Gasteiger partial charge in [0.15, 0.2) is 4.21 Å². The van der Waals surface area contributed by atoms with Gasteiger partial charge in [-0.15, -0.1) is 11.3 Å². The summed E-state index contributed by atoms with van der Waals surface area (Å²) in [5, 5.41) is 0.715. The smallest absolute Gasteiger partial charge is 0.254 e. The van der Waals surface area contributed by atoms with Gasteiger partial charge in [0.05, 0.1) is 17.8 Å². The summed E-state index contributed by atoms with van der Waals surface area (Å²) >= 11 is 5.99. The highest BCUT2D eigenvalue weighted by Crippen LogP contribution is 2.23. The average molecular weight is 307 g/mol. The second-order valence-electron chi connectivity index (χ2n) is 3.82. The Labute approximate surface area is 115 Å². The van der Waals surface area contributed by atoms with Crippen LogP contribution >= 0.6 is 23.6 Å². The minimum absolute atomic E-state index is 0.161. The summed E-state index contributed by atoms with van der Waals surface area (Å²) in [5.41, 5.74) is 5.49. The molecular weight excluding hydrogens is 294 g/mol. The summed E-state index contributed by atoms with van der Waals surface area (Å²) in [7, 11) is -3.51. The Morgan fingerprint density at radius 1 is 1.72 bits per heavy atom. The van der Waals surface area contributed by atoms with Gasteiger partial charge in [-0.2, -0.15) is 4.31 Å². The van der Waals surface area contributed by atoms with Gasteiger partial charge in [-0.05, 0) is 6.92 Å². The predicted octanol–water partition coefficient (Wildman–Crippen LogP) is 0.127. The monoisotopic (exact) mass is 307 g/mol. The molecule has 6 nitrogen and oxygen atoms in total. The molecule has 0 radical (unpaired) electrons. The third kappa shape index (κ3) is 2.69. The van der Waals surface area contributed by atoms with E-state index in [0.29, 0.717) is 18.2 Å². The predicted molar refractivity (Wildman–Crippen MR) is 72.1 cm³/mol. The molecule has 9 heteroatoms. The maximum Gasteiger partial charge on any atom is 0.254 e. The van der Waals surface area contributed by atoms with Crippen molar-refractivity contribution in [2.75, 3.05) is 19.7 Å². The lowest BCUT2D eigenvalue weighted by atomic mass is 10.3. The Balaban J connectivity index is 2.22. The van der Waals surface area contributed by atoms with Gasteiger partial charge in [0.2, 0.25) is 0 Å². The lowest BCUT2D eigenvalue weighted by Gasteiger charge is -2.30. The number of aryl methyl sites for hydroxylation is 1. The van der Waals surface area contributed by atoms with E-state index < -0.39 is 16.1 Å². The van der Waals surface area contributed by atoms with E-state index in [9.17, 15) is 8.42 Å². The minimum Gasteiger partial charge on any atom is -0.391 e. The van der Waals surface area contributed by atoms with E-state index in [-0.39, 0.29) is 15.7 Å². The van der Waals surface area contributed by atoms with Gasteiger partial charge < -0.3 is 10.5 Å².